The van der Waals surface area contributed by atoms with E-state index in [1.807, 2.05) is 37.3 Å². The zero-order valence-electron chi connectivity index (χ0n) is 12.8. The van der Waals surface area contributed by atoms with Crippen LogP contribution in [0.15, 0.2) is 30.3 Å². The molecule has 3 nitrogen and oxygen atoms in total. The van der Waals surface area contributed by atoms with Crippen LogP contribution < -0.4 is 5.73 Å². The van der Waals surface area contributed by atoms with Gasteiger partial charge in [0.2, 0.25) is 5.91 Å². The van der Waals surface area contributed by atoms with Crippen molar-refractivity contribution < 1.29 is 4.79 Å². The van der Waals surface area contributed by atoms with Gasteiger partial charge in [0.25, 0.3) is 0 Å². The van der Waals surface area contributed by atoms with Crippen molar-refractivity contribution in [2.75, 3.05) is 6.54 Å². The number of nitrogens with zero attached hydrogens (tertiary/aromatic N) is 1. The topological polar surface area (TPSA) is 46.3 Å². The molecule has 2 rings (SSSR count). The number of carbonyl (C=O) groups excluding carboxylic acids is 1. The van der Waals surface area contributed by atoms with Crippen LogP contribution in [0.3, 0.4) is 0 Å². The van der Waals surface area contributed by atoms with Crippen LogP contribution in [0.1, 0.15) is 45.2 Å². The summed E-state index contributed by atoms with van der Waals surface area (Å²) in [5.41, 5.74) is 7.32. The van der Waals surface area contributed by atoms with Crippen LogP contribution in [-0.4, -0.2) is 23.4 Å². The first-order valence-corrected chi connectivity index (χ1v) is 7.63. The van der Waals surface area contributed by atoms with Gasteiger partial charge in [0.15, 0.2) is 0 Å². The molecule has 0 saturated carbocycles. The van der Waals surface area contributed by atoms with Crippen LogP contribution in [-0.2, 0) is 4.79 Å². The average Bonchev–Trinajstić information content (AvgIpc) is 2.95. The van der Waals surface area contributed by atoms with Gasteiger partial charge < -0.3 is 10.6 Å². The molecule has 1 aliphatic rings. The molecule has 1 aromatic rings. The number of hydrogen-bond donors (Lipinski definition) is 1. The van der Waals surface area contributed by atoms with E-state index >= 15 is 0 Å². The Morgan fingerprint density at radius 1 is 1.25 bits per heavy atom. The van der Waals surface area contributed by atoms with Crippen LogP contribution in [0.2, 0.25) is 0 Å². The summed E-state index contributed by atoms with van der Waals surface area (Å²) in [5.74, 6) is 0.552. The third-order valence-electron chi connectivity index (χ3n) is 4.46. The van der Waals surface area contributed by atoms with Gasteiger partial charge in [-0.05, 0) is 24.3 Å². The van der Waals surface area contributed by atoms with Gasteiger partial charge in [-0.25, -0.2) is 0 Å². The zero-order chi connectivity index (χ0) is 14.7. The van der Waals surface area contributed by atoms with Crippen LogP contribution in [0, 0.1) is 11.8 Å². The second-order valence-corrected chi connectivity index (χ2v) is 6.21. The molecule has 0 spiro atoms. The summed E-state index contributed by atoms with van der Waals surface area (Å²) in [6.45, 7) is 7.22. The average molecular weight is 274 g/mol. The Kier molecular flexibility index (Phi) is 4.81. The molecule has 1 saturated heterocycles. The van der Waals surface area contributed by atoms with Gasteiger partial charge in [0.05, 0.1) is 5.92 Å². The summed E-state index contributed by atoms with van der Waals surface area (Å²) in [5, 5.41) is 0. The smallest absolute Gasteiger partial charge is 0.227 e. The van der Waals surface area contributed by atoms with Crippen molar-refractivity contribution in [1.29, 1.82) is 0 Å². The highest BCUT2D eigenvalue weighted by atomic mass is 16.2. The van der Waals surface area contributed by atoms with Gasteiger partial charge in [-0.1, -0.05) is 51.1 Å². The van der Waals surface area contributed by atoms with Gasteiger partial charge in [0.1, 0.15) is 0 Å². The lowest BCUT2D eigenvalue weighted by Gasteiger charge is -2.32. The quantitative estimate of drug-likeness (QED) is 0.917. The third-order valence-corrected chi connectivity index (χ3v) is 4.46. The van der Waals surface area contributed by atoms with Gasteiger partial charge in [0, 0.05) is 18.6 Å². The van der Waals surface area contributed by atoms with Gasteiger partial charge >= 0.3 is 0 Å². The number of likely N-dealkylation sites (tertiary alicyclic amines) is 1. The summed E-state index contributed by atoms with van der Waals surface area (Å²) in [4.78, 5) is 14.8. The summed E-state index contributed by atoms with van der Waals surface area (Å²) in [7, 11) is 0. The van der Waals surface area contributed by atoms with E-state index in [1.54, 1.807) is 0 Å². The Labute approximate surface area is 122 Å². The van der Waals surface area contributed by atoms with Crippen LogP contribution >= 0.6 is 0 Å². The molecule has 1 heterocycles. The molecule has 0 aliphatic carbocycles. The standard InChI is InChI=1S/C17H26N2O/c1-12(2)15-10-7-11-19(15)17(20)13(3)16(18)14-8-5-4-6-9-14/h4-6,8-9,12-13,15-16H,7,10-11,18H2,1-3H3. The van der Waals surface area contributed by atoms with Crippen molar-refractivity contribution in [3.8, 4) is 0 Å². The number of nitrogens with two attached hydrogens (primary N) is 1. The molecule has 1 aromatic carbocycles. The van der Waals surface area contributed by atoms with E-state index in [1.165, 1.54) is 0 Å². The Morgan fingerprint density at radius 3 is 2.50 bits per heavy atom. The molecule has 1 amide bonds. The molecule has 20 heavy (non-hydrogen) atoms. The molecule has 3 atom stereocenters. The second-order valence-electron chi connectivity index (χ2n) is 6.21. The predicted octanol–water partition coefficient (Wildman–Crippen LogP) is 2.97. The van der Waals surface area contributed by atoms with Gasteiger partial charge in [-0.3, -0.25) is 4.79 Å². The minimum Gasteiger partial charge on any atom is -0.339 e. The van der Waals surface area contributed by atoms with E-state index in [9.17, 15) is 4.79 Å². The van der Waals surface area contributed by atoms with E-state index in [0.29, 0.717) is 12.0 Å². The van der Waals surface area contributed by atoms with Crippen molar-refractivity contribution in [3.05, 3.63) is 35.9 Å². The minimum absolute atomic E-state index is 0.170. The molecule has 0 radical (unpaired) electrons. The number of hydrogen-bond acceptors (Lipinski definition) is 2. The van der Waals surface area contributed by atoms with E-state index in [-0.39, 0.29) is 17.9 Å². The predicted molar refractivity (Wildman–Crippen MR) is 82.1 cm³/mol. The van der Waals surface area contributed by atoms with Gasteiger partial charge in [-0.2, -0.15) is 0 Å². The van der Waals surface area contributed by atoms with Crippen molar-refractivity contribution in [2.45, 2.75) is 45.7 Å². The van der Waals surface area contributed by atoms with E-state index in [2.05, 4.69) is 18.7 Å². The molecule has 0 aromatic heterocycles. The van der Waals surface area contributed by atoms with E-state index in [4.69, 9.17) is 5.73 Å². The lowest BCUT2D eigenvalue weighted by Crippen LogP contribution is -2.43. The molecule has 3 unspecified atom stereocenters. The summed E-state index contributed by atoms with van der Waals surface area (Å²) >= 11 is 0. The fourth-order valence-electron chi connectivity index (χ4n) is 3.14. The number of amides is 1. The number of rotatable bonds is 4. The summed E-state index contributed by atoms with van der Waals surface area (Å²) in [6.07, 6.45) is 2.23. The molecule has 2 N–H and O–H groups in total. The van der Waals surface area contributed by atoms with Crippen molar-refractivity contribution in [1.82, 2.24) is 4.90 Å². The van der Waals surface area contributed by atoms with Crippen LogP contribution in [0.4, 0.5) is 0 Å². The Balaban J connectivity index is 2.08. The second kappa shape index (κ2) is 6.40. The fraction of sp³-hybridized carbons (Fsp3) is 0.588. The zero-order valence-corrected chi connectivity index (χ0v) is 12.8. The Hall–Kier alpha value is -1.35. The van der Waals surface area contributed by atoms with Crippen molar-refractivity contribution in [2.24, 2.45) is 17.6 Å². The summed E-state index contributed by atoms with van der Waals surface area (Å²) < 4.78 is 0. The lowest BCUT2D eigenvalue weighted by molar-refractivity contribution is -0.137. The first-order chi connectivity index (χ1) is 9.52. The number of benzene rings is 1. The maximum absolute atomic E-state index is 12.7. The maximum atomic E-state index is 12.7. The van der Waals surface area contributed by atoms with E-state index < -0.39 is 0 Å². The fourth-order valence-corrected chi connectivity index (χ4v) is 3.14. The Morgan fingerprint density at radius 2 is 1.90 bits per heavy atom. The number of carbonyl (C=O) groups is 1. The molecule has 1 aliphatic heterocycles. The molecular formula is C17H26N2O. The molecule has 3 heteroatoms. The van der Waals surface area contributed by atoms with Crippen LogP contribution in [0.25, 0.3) is 0 Å². The molecule has 110 valence electrons. The Bertz CT molecular complexity index is 444. The SMILES string of the molecule is CC(C)C1CCCN1C(=O)C(C)C(N)c1ccccc1. The van der Waals surface area contributed by atoms with Crippen molar-refractivity contribution in [3.63, 3.8) is 0 Å². The normalized spacial score (nSPS) is 22.1. The minimum atomic E-state index is -0.225. The van der Waals surface area contributed by atoms with Crippen LogP contribution in [0.5, 0.6) is 0 Å². The first-order valence-electron chi connectivity index (χ1n) is 7.63. The summed E-state index contributed by atoms with van der Waals surface area (Å²) in [6, 6.07) is 10.1. The highest BCUT2D eigenvalue weighted by Crippen LogP contribution is 2.28. The molecule has 0 bridgehead atoms. The third kappa shape index (κ3) is 3.04. The maximum Gasteiger partial charge on any atom is 0.227 e. The molecule has 1 fully saturated rings. The highest BCUT2D eigenvalue weighted by molar-refractivity contribution is 5.80. The highest BCUT2D eigenvalue weighted by Gasteiger charge is 2.35. The monoisotopic (exact) mass is 274 g/mol. The first kappa shape index (κ1) is 15.0. The lowest BCUT2D eigenvalue weighted by atomic mass is 9.93. The largest absolute Gasteiger partial charge is 0.339 e. The van der Waals surface area contributed by atoms with Gasteiger partial charge in [-0.15, -0.1) is 0 Å². The van der Waals surface area contributed by atoms with E-state index in [0.717, 1.165) is 24.9 Å². The molecular weight excluding hydrogens is 248 g/mol. The van der Waals surface area contributed by atoms with Crippen molar-refractivity contribution >= 4 is 5.91 Å².